The summed E-state index contributed by atoms with van der Waals surface area (Å²) in [7, 11) is 0. The second-order valence-corrected chi connectivity index (χ2v) is 5.14. The lowest BCUT2D eigenvalue weighted by Gasteiger charge is -2.24. The molecule has 0 unspecified atom stereocenters. The Morgan fingerprint density at radius 3 is 2.31 bits per heavy atom. The summed E-state index contributed by atoms with van der Waals surface area (Å²) in [6, 6.07) is 2.92. The van der Waals surface area contributed by atoms with E-state index in [0.717, 1.165) is 0 Å². The number of hydrogen-bond donors (Lipinski definition) is 1. The fourth-order valence-electron chi connectivity index (χ4n) is 1.44. The molecule has 1 aromatic carbocycles. The van der Waals surface area contributed by atoms with Gasteiger partial charge in [0, 0.05) is 11.6 Å². The molecule has 0 amide bonds. The molecule has 0 fully saturated rings. The molecule has 0 aliphatic rings. The van der Waals surface area contributed by atoms with Gasteiger partial charge in [0.05, 0.1) is 0 Å². The van der Waals surface area contributed by atoms with Crippen LogP contribution in [0.2, 0.25) is 0 Å². The van der Waals surface area contributed by atoms with E-state index in [1.165, 1.54) is 6.07 Å². The van der Waals surface area contributed by atoms with E-state index >= 15 is 0 Å². The largest absolute Gasteiger partial charge is 0.488 e. The van der Waals surface area contributed by atoms with Gasteiger partial charge in [-0.3, -0.25) is 0 Å². The van der Waals surface area contributed by atoms with Gasteiger partial charge >= 0.3 is 0 Å². The van der Waals surface area contributed by atoms with Crippen molar-refractivity contribution in [3.8, 4) is 5.75 Å². The van der Waals surface area contributed by atoms with Crippen LogP contribution in [0.3, 0.4) is 0 Å². The number of hydrogen-bond acceptors (Lipinski definition) is 2. The van der Waals surface area contributed by atoms with Crippen molar-refractivity contribution in [2.24, 2.45) is 5.73 Å². The van der Waals surface area contributed by atoms with E-state index in [-0.39, 0.29) is 17.5 Å². The van der Waals surface area contributed by atoms with Crippen LogP contribution in [-0.2, 0) is 0 Å². The van der Waals surface area contributed by atoms with Gasteiger partial charge in [0.2, 0.25) is 0 Å². The monoisotopic (exact) mass is 225 g/mol. The first-order valence-corrected chi connectivity index (χ1v) is 5.45. The third-order valence-electron chi connectivity index (χ3n) is 2.20. The van der Waals surface area contributed by atoms with Gasteiger partial charge in [-0.05, 0) is 52.3 Å². The summed E-state index contributed by atoms with van der Waals surface area (Å²) >= 11 is 0. The van der Waals surface area contributed by atoms with Crippen molar-refractivity contribution in [1.29, 1.82) is 0 Å². The van der Waals surface area contributed by atoms with Crippen LogP contribution in [-0.4, -0.2) is 5.60 Å². The van der Waals surface area contributed by atoms with E-state index in [0.29, 0.717) is 16.9 Å². The fourth-order valence-corrected chi connectivity index (χ4v) is 1.44. The molecular formula is C13H20FNO. The van der Waals surface area contributed by atoms with E-state index in [1.54, 1.807) is 13.0 Å². The van der Waals surface area contributed by atoms with Crippen LogP contribution in [0.15, 0.2) is 12.1 Å². The molecule has 0 heterocycles. The predicted octanol–water partition coefficient (Wildman–Crippen LogP) is 3.33. The molecule has 2 nitrogen and oxygen atoms in total. The highest BCUT2D eigenvalue weighted by atomic mass is 19.1. The van der Waals surface area contributed by atoms with Crippen molar-refractivity contribution in [1.82, 2.24) is 0 Å². The average molecular weight is 225 g/mol. The van der Waals surface area contributed by atoms with Gasteiger partial charge < -0.3 is 10.5 Å². The first-order chi connectivity index (χ1) is 7.20. The van der Waals surface area contributed by atoms with Gasteiger partial charge in [-0.15, -0.1) is 0 Å². The minimum Gasteiger partial charge on any atom is -0.488 e. The Morgan fingerprint density at radius 1 is 1.31 bits per heavy atom. The standard InChI is InChI=1S/C13H20FNO/c1-8-6-12(16-13(3,4)5)10(9(2)15)7-11(8)14/h6-7,9H,15H2,1-5H3/t9-/m0/s1. The summed E-state index contributed by atoms with van der Waals surface area (Å²) in [5.41, 5.74) is 6.77. The SMILES string of the molecule is Cc1cc(OC(C)(C)C)c([C@H](C)N)cc1F. The fraction of sp³-hybridized carbons (Fsp3) is 0.538. The second kappa shape index (κ2) is 4.42. The molecule has 0 aromatic heterocycles. The van der Waals surface area contributed by atoms with Crippen LogP contribution in [0.5, 0.6) is 5.75 Å². The van der Waals surface area contributed by atoms with Gasteiger partial charge in [0.15, 0.2) is 0 Å². The number of rotatable bonds is 2. The third-order valence-corrected chi connectivity index (χ3v) is 2.20. The highest BCUT2D eigenvalue weighted by molar-refractivity contribution is 5.40. The zero-order valence-electron chi connectivity index (χ0n) is 10.6. The molecule has 0 spiro atoms. The smallest absolute Gasteiger partial charge is 0.126 e. The summed E-state index contributed by atoms with van der Waals surface area (Å²) in [4.78, 5) is 0. The molecule has 0 bridgehead atoms. The van der Waals surface area contributed by atoms with Crippen molar-refractivity contribution in [3.05, 3.63) is 29.1 Å². The van der Waals surface area contributed by atoms with E-state index < -0.39 is 0 Å². The van der Waals surface area contributed by atoms with E-state index in [4.69, 9.17) is 10.5 Å². The van der Waals surface area contributed by atoms with Gasteiger partial charge in [-0.2, -0.15) is 0 Å². The topological polar surface area (TPSA) is 35.2 Å². The number of ether oxygens (including phenoxy) is 1. The number of nitrogens with two attached hydrogens (primary N) is 1. The van der Waals surface area contributed by atoms with E-state index in [2.05, 4.69) is 0 Å². The Balaban J connectivity index is 3.20. The van der Waals surface area contributed by atoms with Crippen LogP contribution >= 0.6 is 0 Å². The summed E-state index contributed by atoms with van der Waals surface area (Å²) in [5.74, 6) is 0.426. The van der Waals surface area contributed by atoms with Crippen LogP contribution in [0.1, 0.15) is 44.9 Å². The Labute approximate surface area is 96.6 Å². The minimum atomic E-state index is -0.312. The first-order valence-electron chi connectivity index (χ1n) is 5.45. The Morgan fingerprint density at radius 2 is 1.88 bits per heavy atom. The molecule has 90 valence electrons. The number of benzene rings is 1. The first kappa shape index (κ1) is 13.0. The van der Waals surface area contributed by atoms with Crippen LogP contribution in [0, 0.1) is 12.7 Å². The molecule has 0 saturated heterocycles. The molecule has 0 saturated carbocycles. The maximum absolute atomic E-state index is 13.4. The van der Waals surface area contributed by atoms with Crippen molar-refractivity contribution in [2.45, 2.75) is 46.3 Å². The lowest BCUT2D eigenvalue weighted by molar-refractivity contribution is 0.128. The minimum absolute atomic E-state index is 0.242. The molecule has 0 aliphatic carbocycles. The third kappa shape index (κ3) is 3.20. The van der Waals surface area contributed by atoms with Gasteiger partial charge in [-0.1, -0.05) is 0 Å². The van der Waals surface area contributed by atoms with Crippen LogP contribution in [0.4, 0.5) is 4.39 Å². The predicted molar refractivity (Wildman–Crippen MR) is 64.1 cm³/mol. The average Bonchev–Trinajstić information content (AvgIpc) is 2.07. The molecular weight excluding hydrogens is 205 g/mol. The molecule has 2 N–H and O–H groups in total. The summed E-state index contributed by atoms with van der Waals surface area (Å²) in [6.07, 6.45) is 0. The van der Waals surface area contributed by atoms with E-state index in [9.17, 15) is 4.39 Å². The highest BCUT2D eigenvalue weighted by Crippen LogP contribution is 2.29. The Kier molecular flexibility index (Phi) is 3.58. The summed E-state index contributed by atoms with van der Waals surface area (Å²) in [5, 5.41) is 0. The van der Waals surface area contributed by atoms with Crippen molar-refractivity contribution < 1.29 is 9.13 Å². The lowest BCUT2D eigenvalue weighted by atomic mass is 10.0. The van der Waals surface area contributed by atoms with Crippen molar-refractivity contribution in [2.75, 3.05) is 0 Å². The molecule has 1 rings (SSSR count). The van der Waals surface area contributed by atoms with Gasteiger partial charge in [-0.25, -0.2) is 4.39 Å². The second-order valence-electron chi connectivity index (χ2n) is 5.14. The molecule has 1 atom stereocenters. The van der Waals surface area contributed by atoms with Crippen molar-refractivity contribution in [3.63, 3.8) is 0 Å². The normalized spacial score (nSPS) is 13.7. The maximum atomic E-state index is 13.4. The maximum Gasteiger partial charge on any atom is 0.126 e. The molecule has 0 radical (unpaired) electrons. The Hall–Kier alpha value is -1.09. The van der Waals surface area contributed by atoms with Crippen LogP contribution in [0.25, 0.3) is 0 Å². The highest BCUT2D eigenvalue weighted by Gasteiger charge is 2.18. The summed E-state index contributed by atoms with van der Waals surface area (Å²) in [6.45, 7) is 9.40. The van der Waals surface area contributed by atoms with E-state index in [1.807, 2.05) is 27.7 Å². The Bertz CT molecular complexity index is 380. The zero-order chi connectivity index (χ0) is 12.5. The summed E-state index contributed by atoms with van der Waals surface area (Å²) < 4.78 is 19.2. The zero-order valence-corrected chi connectivity index (χ0v) is 10.6. The van der Waals surface area contributed by atoms with Crippen molar-refractivity contribution >= 4 is 0 Å². The van der Waals surface area contributed by atoms with Gasteiger partial charge in [0.25, 0.3) is 0 Å². The molecule has 16 heavy (non-hydrogen) atoms. The quantitative estimate of drug-likeness (QED) is 0.837. The number of halogens is 1. The number of aryl methyl sites for hydroxylation is 1. The van der Waals surface area contributed by atoms with Crippen LogP contribution < -0.4 is 10.5 Å². The molecule has 1 aromatic rings. The molecule has 0 aliphatic heterocycles. The lowest BCUT2D eigenvalue weighted by Crippen LogP contribution is -2.24. The molecule has 3 heteroatoms. The van der Waals surface area contributed by atoms with Gasteiger partial charge in [0.1, 0.15) is 17.2 Å².